The van der Waals surface area contributed by atoms with E-state index in [4.69, 9.17) is 17.3 Å². The van der Waals surface area contributed by atoms with Crippen LogP contribution in [0, 0.1) is 0 Å². The average molecular weight is 226 g/mol. The summed E-state index contributed by atoms with van der Waals surface area (Å²) >= 11 is 5.67. The van der Waals surface area contributed by atoms with E-state index >= 15 is 0 Å². The van der Waals surface area contributed by atoms with Crippen LogP contribution in [0.25, 0.3) is 0 Å². The van der Waals surface area contributed by atoms with Crippen LogP contribution in [0.15, 0.2) is 24.3 Å². The number of hydrogen-bond acceptors (Lipinski definition) is 1. The molecule has 0 radical (unpaired) electrons. The lowest BCUT2D eigenvalue weighted by atomic mass is 9.96. The number of nitrogens with two attached hydrogens (primary N) is 1. The van der Waals surface area contributed by atoms with Crippen molar-refractivity contribution in [2.24, 2.45) is 5.73 Å². The highest BCUT2D eigenvalue weighted by Crippen LogP contribution is 2.21. The third-order valence-electron chi connectivity index (χ3n) is 2.97. The fourth-order valence-electron chi connectivity index (χ4n) is 1.59. The minimum Gasteiger partial charge on any atom is -0.324 e. The number of rotatable bonds is 5. The normalized spacial score (nSPS) is 14.9. The van der Waals surface area contributed by atoms with Crippen molar-refractivity contribution in [2.75, 3.05) is 5.88 Å². The first-order chi connectivity index (χ1) is 7.19. The van der Waals surface area contributed by atoms with Crippen LogP contribution in [0.3, 0.4) is 0 Å². The molecule has 0 saturated carbocycles. The lowest BCUT2D eigenvalue weighted by Gasteiger charge is -2.13. The molecule has 1 rings (SSSR count). The van der Waals surface area contributed by atoms with Crippen molar-refractivity contribution in [3.05, 3.63) is 35.4 Å². The molecule has 1 aromatic rings. The Bertz CT molecular complexity index is 281. The monoisotopic (exact) mass is 225 g/mol. The van der Waals surface area contributed by atoms with Gasteiger partial charge in [0.05, 0.1) is 0 Å². The van der Waals surface area contributed by atoms with Crippen LogP contribution in [0.1, 0.15) is 49.8 Å². The predicted octanol–water partition coefficient (Wildman–Crippen LogP) is 3.83. The summed E-state index contributed by atoms with van der Waals surface area (Å²) in [5.74, 6) is 1.25. The van der Waals surface area contributed by atoms with Crippen molar-refractivity contribution in [1.29, 1.82) is 0 Å². The summed E-state index contributed by atoms with van der Waals surface area (Å²) in [5, 5.41) is 0. The highest BCUT2D eigenvalue weighted by Gasteiger charge is 2.06. The molecule has 2 heteroatoms. The van der Waals surface area contributed by atoms with E-state index in [-0.39, 0.29) is 6.04 Å². The molecule has 84 valence electrons. The minimum atomic E-state index is 0.0773. The molecule has 2 atom stereocenters. The standard InChI is InChI=1S/C13H20ClN/c1-3-10(2)11-4-6-12(7-5-11)13(15)8-9-14/h4-7,10,13H,3,8-9,15H2,1-2H3. The summed E-state index contributed by atoms with van der Waals surface area (Å²) in [6.07, 6.45) is 2.01. The minimum absolute atomic E-state index is 0.0773. The highest BCUT2D eigenvalue weighted by molar-refractivity contribution is 6.17. The molecule has 0 aliphatic carbocycles. The maximum atomic E-state index is 5.98. The first kappa shape index (κ1) is 12.5. The van der Waals surface area contributed by atoms with Crippen molar-refractivity contribution in [2.45, 2.75) is 38.6 Å². The Labute approximate surface area is 97.6 Å². The van der Waals surface area contributed by atoms with Crippen LogP contribution in [-0.2, 0) is 0 Å². The third-order valence-corrected chi connectivity index (χ3v) is 3.18. The predicted molar refractivity (Wildman–Crippen MR) is 67.4 cm³/mol. The van der Waals surface area contributed by atoms with Crippen molar-refractivity contribution in [3.63, 3.8) is 0 Å². The molecule has 0 spiro atoms. The largest absolute Gasteiger partial charge is 0.324 e. The molecule has 0 aromatic heterocycles. The smallest absolute Gasteiger partial charge is 0.0306 e. The Kier molecular flexibility index (Phi) is 5.13. The topological polar surface area (TPSA) is 26.0 Å². The van der Waals surface area contributed by atoms with Gasteiger partial charge in [-0.05, 0) is 29.9 Å². The maximum absolute atomic E-state index is 5.98. The summed E-state index contributed by atoms with van der Waals surface area (Å²) in [7, 11) is 0. The van der Waals surface area contributed by atoms with Crippen LogP contribution in [0.5, 0.6) is 0 Å². The number of halogens is 1. The number of hydrogen-bond donors (Lipinski definition) is 1. The second-order valence-electron chi connectivity index (χ2n) is 4.06. The Morgan fingerprint density at radius 1 is 1.20 bits per heavy atom. The fourth-order valence-corrected chi connectivity index (χ4v) is 1.83. The van der Waals surface area contributed by atoms with Gasteiger partial charge in [-0.2, -0.15) is 0 Å². The highest BCUT2D eigenvalue weighted by atomic mass is 35.5. The molecule has 0 aliphatic heterocycles. The molecule has 2 N–H and O–H groups in total. The molecule has 0 aliphatic rings. The third kappa shape index (κ3) is 3.51. The van der Waals surface area contributed by atoms with E-state index < -0.39 is 0 Å². The van der Waals surface area contributed by atoms with Gasteiger partial charge >= 0.3 is 0 Å². The molecule has 0 bridgehead atoms. The Morgan fingerprint density at radius 3 is 2.20 bits per heavy atom. The van der Waals surface area contributed by atoms with Crippen LogP contribution in [-0.4, -0.2) is 5.88 Å². The molecule has 2 unspecified atom stereocenters. The molecular weight excluding hydrogens is 206 g/mol. The first-order valence-electron chi connectivity index (χ1n) is 5.60. The van der Waals surface area contributed by atoms with Gasteiger partial charge in [0.2, 0.25) is 0 Å². The van der Waals surface area contributed by atoms with Crippen LogP contribution in [0.2, 0.25) is 0 Å². The molecule has 1 nitrogen and oxygen atoms in total. The summed E-state index contributed by atoms with van der Waals surface area (Å²) in [6.45, 7) is 4.45. The lowest BCUT2D eigenvalue weighted by Crippen LogP contribution is -2.10. The zero-order valence-electron chi connectivity index (χ0n) is 9.54. The molecule has 0 saturated heterocycles. The van der Waals surface area contributed by atoms with Crippen molar-refractivity contribution in [3.8, 4) is 0 Å². The van der Waals surface area contributed by atoms with E-state index in [0.29, 0.717) is 11.8 Å². The van der Waals surface area contributed by atoms with Crippen LogP contribution in [0.4, 0.5) is 0 Å². The van der Waals surface area contributed by atoms with Gasteiger partial charge < -0.3 is 5.73 Å². The number of benzene rings is 1. The van der Waals surface area contributed by atoms with Crippen molar-refractivity contribution < 1.29 is 0 Å². The van der Waals surface area contributed by atoms with Gasteiger partial charge in [-0.3, -0.25) is 0 Å². The second-order valence-corrected chi connectivity index (χ2v) is 4.44. The van der Waals surface area contributed by atoms with Crippen molar-refractivity contribution in [1.82, 2.24) is 0 Å². The fraction of sp³-hybridized carbons (Fsp3) is 0.538. The summed E-state index contributed by atoms with van der Waals surface area (Å²) in [4.78, 5) is 0. The average Bonchev–Trinajstić information content (AvgIpc) is 2.28. The maximum Gasteiger partial charge on any atom is 0.0306 e. The van der Waals surface area contributed by atoms with Gasteiger partial charge in [0.1, 0.15) is 0 Å². The Morgan fingerprint density at radius 2 is 1.73 bits per heavy atom. The van der Waals surface area contributed by atoms with Crippen LogP contribution < -0.4 is 5.73 Å². The first-order valence-corrected chi connectivity index (χ1v) is 6.13. The zero-order valence-corrected chi connectivity index (χ0v) is 10.3. The van der Waals surface area contributed by atoms with Crippen molar-refractivity contribution >= 4 is 11.6 Å². The van der Waals surface area contributed by atoms with Crippen LogP contribution >= 0.6 is 11.6 Å². The van der Waals surface area contributed by atoms with Gasteiger partial charge in [0.25, 0.3) is 0 Å². The quantitative estimate of drug-likeness (QED) is 0.758. The summed E-state index contributed by atoms with van der Waals surface area (Å²) in [6, 6.07) is 8.68. The SMILES string of the molecule is CCC(C)c1ccc(C(N)CCCl)cc1. The molecule has 15 heavy (non-hydrogen) atoms. The van der Waals surface area contributed by atoms with E-state index in [2.05, 4.69) is 38.1 Å². The molecule has 0 amide bonds. The van der Waals surface area contributed by atoms with Gasteiger partial charge in [-0.1, -0.05) is 38.1 Å². The number of alkyl halides is 1. The van der Waals surface area contributed by atoms with Gasteiger partial charge in [-0.25, -0.2) is 0 Å². The van der Waals surface area contributed by atoms with Gasteiger partial charge in [0, 0.05) is 11.9 Å². The summed E-state index contributed by atoms with van der Waals surface area (Å²) < 4.78 is 0. The van der Waals surface area contributed by atoms with E-state index in [9.17, 15) is 0 Å². The van der Waals surface area contributed by atoms with E-state index in [1.807, 2.05) is 0 Å². The van der Waals surface area contributed by atoms with E-state index in [0.717, 1.165) is 6.42 Å². The van der Waals surface area contributed by atoms with Gasteiger partial charge in [0.15, 0.2) is 0 Å². The molecule has 1 aromatic carbocycles. The molecular formula is C13H20ClN. The Hall–Kier alpha value is -0.530. The lowest BCUT2D eigenvalue weighted by molar-refractivity contribution is 0.698. The summed E-state index contributed by atoms with van der Waals surface area (Å²) in [5.41, 5.74) is 8.55. The molecule has 0 heterocycles. The second kappa shape index (κ2) is 6.14. The van der Waals surface area contributed by atoms with Gasteiger partial charge in [-0.15, -0.1) is 11.6 Å². The Balaban J connectivity index is 2.71. The van der Waals surface area contributed by atoms with E-state index in [1.54, 1.807) is 0 Å². The molecule has 0 fully saturated rings. The zero-order chi connectivity index (χ0) is 11.3. The van der Waals surface area contributed by atoms with E-state index in [1.165, 1.54) is 17.5 Å².